The van der Waals surface area contributed by atoms with Gasteiger partial charge in [0.05, 0.1) is 5.02 Å². The maximum atomic E-state index is 12.5. The number of rotatable bonds is 9. The van der Waals surface area contributed by atoms with E-state index < -0.39 is 24.5 Å². The number of carboxylic acids is 2. The van der Waals surface area contributed by atoms with Gasteiger partial charge in [-0.05, 0) is 25.0 Å². The summed E-state index contributed by atoms with van der Waals surface area (Å²) in [5, 5.41) is 17.2. The molecular formula is C15H16Cl2O6. The molecule has 8 heteroatoms. The predicted molar refractivity (Wildman–Crippen MR) is 84.6 cm³/mol. The van der Waals surface area contributed by atoms with Crippen molar-refractivity contribution in [3.63, 3.8) is 0 Å². The van der Waals surface area contributed by atoms with Crippen LogP contribution in [0.5, 0.6) is 5.75 Å². The SMILES string of the molecule is CCC(CCC(=O)O)C(=O)c1ccc(OCC(=O)O)c(Cl)c1Cl. The minimum atomic E-state index is -1.17. The molecule has 0 amide bonds. The van der Waals surface area contributed by atoms with Crippen LogP contribution >= 0.6 is 23.2 Å². The number of Topliss-reactive ketones (excluding diaryl/α,β-unsaturated/α-hetero) is 1. The van der Waals surface area contributed by atoms with Crippen molar-refractivity contribution >= 4 is 40.9 Å². The summed E-state index contributed by atoms with van der Waals surface area (Å²) in [5.74, 6) is -2.86. The molecule has 0 bridgehead atoms. The summed E-state index contributed by atoms with van der Waals surface area (Å²) >= 11 is 12.1. The van der Waals surface area contributed by atoms with Crippen molar-refractivity contribution in [1.29, 1.82) is 0 Å². The van der Waals surface area contributed by atoms with Crippen LogP contribution < -0.4 is 4.74 Å². The van der Waals surface area contributed by atoms with Crippen LogP contribution in [-0.4, -0.2) is 34.5 Å². The van der Waals surface area contributed by atoms with Crippen LogP contribution in [0.3, 0.4) is 0 Å². The number of hydrogen-bond donors (Lipinski definition) is 2. The van der Waals surface area contributed by atoms with Crippen molar-refractivity contribution in [2.24, 2.45) is 5.92 Å². The van der Waals surface area contributed by atoms with E-state index >= 15 is 0 Å². The van der Waals surface area contributed by atoms with Gasteiger partial charge in [0.2, 0.25) is 0 Å². The second-order valence-electron chi connectivity index (χ2n) is 4.82. The highest BCUT2D eigenvalue weighted by Gasteiger charge is 2.24. The summed E-state index contributed by atoms with van der Waals surface area (Å²) in [6, 6.07) is 2.77. The molecule has 0 aliphatic heterocycles. The lowest BCUT2D eigenvalue weighted by Crippen LogP contribution is -2.16. The summed E-state index contributed by atoms with van der Waals surface area (Å²) in [7, 11) is 0. The van der Waals surface area contributed by atoms with Crippen molar-refractivity contribution in [3.8, 4) is 5.75 Å². The largest absolute Gasteiger partial charge is 0.481 e. The van der Waals surface area contributed by atoms with Gasteiger partial charge in [0, 0.05) is 17.9 Å². The van der Waals surface area contributed by atoms with E-state index in [0.717, 1.165) is 0 Å². The molecule has 0 saturated carbocycles. The van der Waals surface area contributed by atoms with Gasteiger partial charge >= 0.3 is 11.9 Å². The summed E-state index contributed by atoms with van der Waals surface area (Å²) < 4.78 is 4.97. The molecule has 0 radical (unpaired) electrons. The average molecular weight is 363 g/mol. The average Bonchev–Trinajstić information content (AvgIpc) is 2.48. The standard InChI is InChI=1S/C15H16Cl2O6/c1-2-8(3-6-11(18)19)15(22)9-4-5-10(14(17)13(9)16)23-7-12(20)21/h4-5,8H,2-3,6-7H2,1H3,(H,18,19)(H,20,21). The Morgan fingerprint density at radius 1 is 1.13 bits per heavy atom. The molecule has 6 nitrogen and oxygen atoms in total. The van der Waals surface area contributed by atoms with Gasteiger partial charge in [-0.15, -0.1) is 0 Å². The van der Waals surface area contributed by atoms with E-state index in [1.165, 1.54) is 12.1 Å². The Morgan fingerprint density at radius 2 is 1.78 bits per heavy atom. The number of ketones is 1. The lowest BCUT2D eigenvalue weighted by Gasteiger charge is -2.15. The van der Waals surface area contributed by atoms with Crippen LogP contribution in [0.1, 0.15) is 36.5 Å². The molecule has 1 aromatic rings. The second kappa shape index (κ2) is 8.74. The molecule has 0 spiro atoms. The topological polar surface area (TPSA) is 101 Å². The molecule has 0 saturated heterocycles. The maximum absolute atomic E-state index is 12.5. The summed E-state index contributed by atoms with van der Waals surface area (Å²) in [6.07, 6.45) is 0.558. The van der Waals surface area contributed by atoms with Crippen molar-refractivity contribution in [1.82, 2.24) is 0 Å². The Bertz CT molecular complexity index is 614. The van der Waals surface area contributed by atoms with E-state index in [-0.39, 0.29) is 40.0 Å². The number of carbonyl (C=O) groups is 3. The van der Waals surface area contributed by atoms with Gasteiger partial charge in [0.1, 0.15) is 10.8 Å². The van der Waals surface area contributed by atoms with E-state index in [4.69, 9.17) is 38.2 Å². The number of carbonyl (C=O) groups excluding carboxylic acids is 1. The highest BCUT2D eigenvalue weighted by Crippen LogP contribution is 2.36. The zero-order valence-corrected chi connectivity index (χ0v) is 13.9. The van der Waals surface area contributed by atoms with Gasteiger partial charge < -0.3 is 14.9 Å². The van der Waals surface area contributed by atoms with Crippen molar-refractivity contribution < 1.29 is 29.3 Å². The Morgan fingerprint density at radius 3 is 2.30 bits per heavy atom. The van der Waals surface area contributed by atoms with E-state index in [0.29, 0.717) is 6.42 Å². The third-order valence-electron chi connectivity index (χ3n) is 3.23. The monoisotopic (exact) mass is 362 g/mol. The quantitative estimate of drug-likeness (QED) is 0.651. The van der Waals surface area contributed by atoms with Crippen molar-refractivity contribution in [3.05, 3.63) is 27.7 Å². The minimum absolute atomic E-state index is 0.0340. The fourth-order valence-electron chi connectivity index (χ4n) is 2.01. The van der Waals surface area contributed by atoms with Gasteiger partial charge in [-0.2, -0.15) is 0 Å². The molecule has 0 aliphatic carbocycles. The van der Waals surface area contributed by atoms with Gasteiger partial charge in [-0.1, -0.05) is 30.1 Å². The van der Waals surface area contributed by atoms with E-state index in [1.54, 1.807) is 6.92 Å². The summed E-state index contributed by atoms with van der Waals surface area (Å²) in [4.78, 5) is 33.6. The highest BCUT2D eigenvalue weighted by atomic mass is 35.5. The lowest BCUT2D eigenvalue weighted by molar-refractivity contribution is -0.139. The number of halogens is 2. The normalized spacial score (nSPS) is 11.8. The third-order valence-corrected chi connectivity index (χ3v) is 4.10. The van der Waals surface area contributed by atoms with E-state index in [1.807, 2.05) is 0 Å². The molecule has 1 unspecified atom stereocenters. The summed E-state index contributed by atoms with van der Waals surface area (Å²) in [6.45, 7) is 1.20. The number of ether oxygens (including phenoxy) is 1. The Hall–Kier alpha value is -1.79. The molecule has 126 valence electrons. The molecule has 0 heterocycles. The molecule has 1 atom stereocenters. The number of aliphatic carboxylic acids is 2. The molecule has 0 aromatic heterocycles. The molecule has 1 aromatic carbocycles. The Balaban J connectivity index is 2.98. The first-order chi connectivity index (χ1) is 10.8. The zero-order valence-electron chi connectivity index (χ0n) is 12.3. The van der Waals surface area contributed by atoms with Crippen LogP contribution in [0.4, 0.5) is 0 Å². The molecule has 0 aliphatic rings. The lowest BCUT2D eigenvalue weighted by atomic mass is 9.91. The van der Waals surface area contributed by atoms with Crippen LogP contribution in [0.15, 0.2) is 12.1 Å². The van der Waals surface area contributed by atoms with Crippen LogP contribution in [0, 0.1) is 5.92 Å². The predicted octanol–water partition coefficient (Wildman–Crippen LogP) is 3.53. The third kappa shape index (κ3) is 5.41. The molecule has 0 fully saturated rings. The number of benzene rings is 1. The van der Waals surface area contributed by atoms with E-state index in [9.17, 15) is 14.4 Å². The minimum Gasteiger partial charge on any atom is -0.481 e. The Labute approximate surface area is 143 Å². The van der Waals surface area contributed by atoms with E-state index in [2.05, 4.69) is 0 Å². The van der Waals surface area contributed by atoms with Gasteiger partial charge in [0.15, 0.2) is 12.4 Å². The first kappa shape index (κ1) is 19.3. The first-order valence-corrected chi connectivity index (χ1v) is 7.62. The maximum Gasteiger partial charge on any atom is 0.341 e. The number of hydrogen-bond acceptors (Lipinski definition) is 4. The first-order valence-electron chi connectivity index (χ1n) is 6.86. The molecular weight excluding hydrogens is 347 g/mol. The van der Waals surface area contributed by atoms with Crippen molar-refractivity contribution in [2.75, 3.05) is 6.61 Å². The van der Waals surface area contributed by atoms with Crippen LogP contribution in [0.25, 0.3) is 0 Å². The van der Waals surface area contributed by atoms with Crippen LogP contribution in [0.2, 0.25) is 10.0 Å². The van der Waals surface area contributed by atoms with Gasteiger partial charge in [-0.25, -0.2) is 4.79 Å². The van der Waals surface area contributed by atoms with Gasteiger partial charge in [-0.3, -0.25) is 9.59 Å². The molecule has 1 rings (SSSR count). The fraction of sp³-hybridized carbons (Fsp3) is 0.400. The van der Waals surface area contributed by atoms with Gasteiger partial charge in [0.25, 0.3) is 0 Å². The zero-order chi connectivity index (χ0) is 17.6. The molecule has 23 heavy (non-hydrogen) atoms. The summed E-state index contributed by atoms with van der Waals surface area (Å²) in [5.41, 5.74) is 0.164. The molecule has 2 N–H and O–H groups in total. The van der Waals surface area contributed by atoms with Crippen molar-refractivity contribution in [2.45, 2.75) is 26.2 Å². The number of carboxylic acid groups (broad SMARTS) is 2. The Kier molecular flexibility index (Phi) is 7.32. The highest BCUT2D eigenvalue weighted by molar-refractivity contribution is 6.44. The smallest absolute Gasteiger partial charge is 0.341 e. The van der Waals surface area contributed by atoms with Crippen LogP contribution in [-0.2, 0) is 9.59 Å². The second-order valence-corrected chi connectivity index (χ2v) is 5.58. The fourth-order valence-corrected chi connectivity index (χ4v) is 2.48.